The lowest BCUT2D eigenvalue weighted by atomic mass is 9.77. The van der Waals surface area contributed by atoms with E-state index in [0.717, 1.165) is 32.1 Å². The van der Waals surface area contributed by atoms with E-state index >= 15 is 0 Å². The molecule has 1 N–H and O–H groups in total. The molecule has 1 spiro atoms. The van der Waals surface area contributed by atoms with E-state index in [1.54, 1.807) is 4.90 Å². The molecule has 4 aliphatic rings. The van der Waals surface area contributed by atoms with Crippen LogP contribution in [0.1, 0.15) is 58.8 Å². The number of ether oxygens (including phenoxy) is 1. The first kappa shape index (κ1) is 25.9. The minimum absolute atomic E-state index is 0.0529. The number of fused-ring (bicyclic) bond motifs is 2. The number of aliphatic hydroxyl groups is 1. The van der Waals surface area contributed by atoms with Crippen LogP contribution in [0.5, 0.6) is 0 Å². The quantitative estimate of drug-likeness (QED) is 0.356. The number of aliphatic hydroxyl groups excluding tert-OH is 1. The smallest absolute Gasteiger partial charge is 0.249 e. The second-order valence-corrected chi connectivity index (χ2v) is 10.3. The van der Waals surface area contributed by atoms with Crippen LogP contribution in [0.25, 0.3) is 0 Å². The summed E-state index contributed by atoms with van der Waals surface area (Å²) in [5.74, 6) is -1.62. The second kappa shape index (κ2) is 11.2. The Morgan fingerprint density at radius 1 is 0.886 bits per heavy atom. The molecule has 2 saturated heterocycles. The van der Waals surface area contributed by atoms with Crippen LogP contribution in [0, 0.1) is 11.8 Å². The van der Waals surface area contributed by atoms with E-state index in [1.807, 2.05) is 41.0 Å². The molecule has 194 valence electrons. The summed E-state index contributed by atoms with van der Waals surface area (Å²) in [7, 11) is 0. The Morgan fingerprint density at radius 2 is 1.63 bits per heavy atom. The van der Waals surface area contributed by atoms with Crippen LogP contribution in [0.15, 0.2) is 24.3 Å². The summed E-state index contributed by atoms with van der Waals surface area (Å²) >= 11 is 0. The summed E-state index contributed by atoms with van der Waals surface area (Å²) in [6, 6.07) is -0.762. The molecule has 8 heteroatoms. The van der Waals surface area contributed by atoms with E-state index < -0.39 is 29.6 Å². The molecule has 3 amide bonds. The lowest BCUT2D eigenvalue weighted by molar-refractivity contribution is -0.148. The van der Waals surface area contributed by atoms with Crippen molar-refractivity contribution in [2.45, 2.75) is 76.5 Å². The summed E-state index contributed by atoms with van der Waals surface area (Å²) in [6.45, 7) is 7.00. The monoisotopic (exact) mass is 487 g/mol. The van der Waals surface area contributed by atoms with Gasteiger partial charge in [0.15, 0.2) is 0 Å². The Hall–Kier alpha value is -2.19. The molecule has 35 heavy (non-hydrogen) atoms. The molecule has 0 bridgehead atoms. The summed E-state index contributed by atoms with van der Waals surface area (Å²) in [6.07, 6.45) is 13.3. The fourth-order valence-corrected chi connectivity index (χ4v) is 6.27. The van der Waals surface area contributed by atoms with Crippen LogP contribution < -0.4 is 0 Å². The van der Waals surface area contributed by atoms with E-state index in [9.17, 15) is 19.5 Å². The van der Waals surface area contributed by atoms with Crippen molar-refractivity contribution in [3.8, 4) is 0 Å². The summed E-state index contributed by atoms with van der Waals surface area (Å²) in [4.78, 5) is 47.0. The highest BCUT2D eigenvalue weighted by atomic mass is 16.5. The normalized spacial score (nSPS) is 32.1. The van der Waals surface area contributed by atoms with Gasteiger partial charge in [0, 0.05) is 39.3 Å². The Balaban J connectivity index is 1.69. The molecule has 2 fully saturated rings. The third-order valence-electron chi connectivity index (χ3n) is 7.91. The van der Waals surface area contributed by atoms with Gasteiger partial charge < -0.3 is 24.5 Å². The van der Waals surface area contributed by atoms with E-state index in [1.165, 1.54) is 0 Å². The van der Waals surface area contributed by atoms with E-state index in [0.29, 0.717) is 45.6 Å². The van der Waals surface area contributed by atoms with Gasteiger partial charge >= 0.3 is 0 Å². The highest BCUT2D eigenvalue weighted by Gasteiger charge is 2.71. The van der Waals surface area contributed by atoms with Gasteiger partial charge in [-0.1, -0.05) is 51.0 Å². The SMILES string of the molecule is CCCCCN1CC=C[C@]23O[C@H]4C=CCN(CCC)C(=O)[C@H]4[C@H]2C(=O)N(CCCCCO)C3C1=O. The van der Waals surface area contributed by atoms with E-state index in [-0.39, 0.29) is 24.3 Å². The van der Waals surface area contributed by atoms with Crippen molar-refractivity contribution in [3.05, 3.63) is 24.3 Å². The number of carbonyl (C=O) groups is 3. The number of nitrogens with zero attached hydrogens (tertiary/aromatic N) is 3. The lowest BCUT2D eigenvalue weighted by Gasteiger charge is -2.35. The average molecular weight is 488 g/mol. The lowest BCUT2D eigenvalue weighted by Crippen LogP contribution is -2.55. The largest absolute Gasteiger partial charge is 0.396 e. The first-order valence-corrected chi connectivity index (χ1v) is 13.5. The number of amides is 3. The fraction of sp³-hybridized carbons (Fsp3) is 0.741. The number of carbonyl (C=O) groups excluding carboxylic acids is 3. The van der Waals surface area contributed by atoms with Gasteiger partial charge in [-0.05, 0) is 32.1 Å². The minimum Gasteiger partial charge on any atom is -0.396 e. The van der Waals surface area contributed by atoms with Crippen LogP contribution in [-0.2, 0) is 19.1 Å². The number of rotatable bonds is 11. The van der Waals surface area contributed by atoms with Gasteiger partial charge in [-0.2, -0.15) is 0 Å². The number of unbranched alkanes of at least 4 members (excludes halogenated alkanes) is 4. The molecule has 4 rings (SSSR count). The van der Waals surface area contributed by atoms with E-state index in [2.05, 4.69) is 6.92 Å². The Morgan fingerprint density at radius 3 is 2.37 bits per heavy atom. The third-order valence-corrected chi connectivity index (χ3v) is 7.91. The molecular weight excluding hydrogens is 446 g/mol. The van der Waals surface area contributed by atoms with Crippen molar-refractivity contribution in [2.24, 2.45) is 11.8 Å². The van der Waals surface area contributed by atoms with Crippen molar-refractivity contribution in [1.29, 1.82) is 0 Å². The highest BCUT2D eigenvalue weighted by molar-refractivity contribution is 5.99. The second-order valence-electron chi connectivity index (χ2n) is 10.3. The maximum Gasteiger partial charge on any atom is 0.249 e. The van der Waals surface area contributed by atoms with Crippen LogP contribution in [0.3, 0.4) is 0 Å². The van der Waals surface area contributed by atoms with Crippen LogP contribution in [0.2, 0.25) is 0 Å². The maximum absolute atomic E-state index is 14.0. The first-order valence-electron chi connectivity index (χ1n) is 13.5. The van der Waals surface area contributed by atoms with E-state index in [4.69, 9.17) is 4.74 Å². The highest BCUT2D eigenvalue weighted by Crippen LogP contribution is 2.53. The van der Waals surface area contributed by atoms with Crippen molar-refractivity contribution in [1.82, 2.24) is 14.7 Å². The Kier molecular flexibility index (Phi) is 8.32. The van der Waals surface area contributed by atoms with Gasteiger partial charge in [-0.15, -0.1) is 0 Å². The maximum atomic E-state index is 14.0. The number of likely N-dealkylation sites (tertiary alicyclic amines) is 1. The summed E-state index contributed by atoms with van der Waals surface area (Å²) in [5, 5.41) is 9.18. The molecule has 4 heterocycles. The van der Waals surface area contributed by atoms with Crippen LogP contribution in [-0.4, -0.2) is 94.6 Å². The zero-order valence-electron chi connectivity index (χ0n) is 21.2. The molecule has 0 radical (unpaired) electrons. The van der Waals surface area contributed by atoms with Crippen LogP contribution >= 0.6 is 0 Å². The molecule has 5 atom stereocenters. The van der Waals surface area contributed by atoms with Gasteiger partial charge in [-0.25, -0.2) is 0 Å². The standard InChI is InChI=1S/C27H41N3O5/c1-3-5-7-15-29-17-11-13-27-22(21-20(35-27)12-10-16-28(14-4-2)24(21)32)25(33)30(23(27)26(29)34)18-8-6-9-19-31/h10-13,20-23,31H,3-9,14-19H2,1-2H3/t20-,21+,22-,23?,27-/m0/s1. The minimum atomic E-state index is -1.13. The molecule has 1 unspecified atom stereocenters. The summed E-state index contributed by atoms with van der Waals surface area (Å²) < 4.78 is 6.64. The van der Waals surface area contributed by atoms with Crippen molar-refractivity contribution in [3.63, 3.8) is 0 Å². The molecule has 0 saturated carbocycles. The van der Waals surface area contributed by atoms with Gasteiger partial charge in [-0.3, -0.25) is 14.4 Å². The first-order chi connectivity index (χ1) is 17.0. The molecule has 4 aliphatic heterocycles. The van der Waals surface area contributed by atoms with Gasteiger partial charge in [0.05, 0.1) is 17.9 Å². The third kappa shape index (κ3) is 4.67. The predicted octanol–water partition coefficient (Wildman–Crippen LogP) is 2.13. The van der Waals surface area contributed by atoms with Gasteiger partial charge in [0.1, 0.15) is 11.6 Å². The molecule has 8 nitrogen and oxygen atoms in total. The number of hydrogen-bond acceptors (Lipinski definition) is 5. The molecule has 0 aromatic heterocycles. The zero-order chi connectivity index (χ0) is 25.0. The van der Waals surface area contributed by atoms with Crippen molar-refractivity contribution < 1.29 is 24.2 Å². The van der Waals surface area contributed by atoms with Crippen molar-refractivity contribution in [2.75, 3.05) is 39.3 Å². The average Bonchev–Trinajstić information content (AvgIpc) is 3.16. The molecule has 0 aromatic rings. The fourth-order valence-electron chi connectivity index (χ4n) is 6.27. The van der Waals surface area contributed by atoms with Crippen molar-refractivity contribution >= 4 is 17.7 Å². The molecule has 0 aromatic carbocycles. The zero-order valence-corrected chi connectivity index (χ0v) is 21.2. The van der Waals surface area contributed by atoms with Gasteiger partial charge in [0.2, 0.25) is 17.7 Å². The summed E-state index contributed by atoms with van der Waals surface area (Å²) in [5.41, 5.74) is -1.13. The molecular formula is C27H41N3O5. The van der Waals surface area contributed by atoms with Gasteiger partial charge in [0.25, 0.3) is 0 Å². The topological polar surface area (TPSA) is 90.4 Å². The molecule has 0 aliphatic carbocycles. The Labute approximate surface area is 208 Å². The van der Waals surface area contributed by atoms with Crippen LogP contribution in [0.4, 0.5) is 0 Å². The predicted molar refractivity (Wildman–Crippen MR) is 132 cm³/mol. The number of hydrogen-bond donors (Lipinski definition) is 1. The Bertz CT molecular complexity index is 858.